The van der Waals surface area contributed by atoms with Crippen LogP contribution in [0.5, 0.6) is 5.75 Å². The molecule has 9 N–H and O–H groups in total. The Morgan fingerprint density at radius 2 is 1.16 bits per heavy atom. The lowest BCUT2D eigenvalue weighted by atomic mass is 10.1. The van der Waals surface area contributed by atoms with E-state index >= 15 is 0 Å². The van der Waals surface area contributed by atoms with Gasteiger partial charge in [-0.3, -0.25) is 13.9 Å². The number of aliphatic carboxylic acids is 1. The van der Waals surface area contributed by atoms with Gasteiger partial charge in [0.1, 0.15) is 22.0 Å². The summed E-state index contributed by atoms with van der Waals surface area (Å²) < 4.78 is 66.2. The summed E-state index contributed by atoms with van der Waals surface area (Å²) in [6.07, 6.45) is 0. The zero-order chi connectivity index (χ0) is 41.1. The van der Waals surface area contributed by atoms with Crippen molar-refractivity contribution in [3.8, 4) is 16.9 Å². The molecule has 0 aliphatic carbocycles. The first kappa shape index (κ1) is 39.2. The molecule has 0 radical (unpaired) electrons. The summed E-state index contributed by atoms with van der Waals surface area (Å²) in [5.41, 5.74) is 14.9. The number of amides is 1. The number of anilines is 3. The average Bonchev–Trinajstić information content (AvgIpc) is 3.16. The molecule has 0 aliphatic rings. The van der Waals surface area contributed by atoms with Crippen molar-refractivity contribution >= 4 is 94.1 Å². The Hall–Kier alpha value is -7.46. The molecule has 288 valence electrons. The number of rotatable bonds is 10. The van der Waals surface area contributed by atoms with Gasteiger partial charge >= 0.3 is 11.9 Å². The molecule has 0 unspecified atom stereocenters. The zero-order valence-electron chi connectivity index (χ0n) is 28.8. The van der Waals surface area contributed by atoms with Crippen molar-refractivity contribution < 1.29 is 45.7 Å². The Labute approximate surface area is 322 Å². The van der Waals surface area contributed by atoms with E-state index in [1.54, 1.807) is 60.7 Å². The van der Waals surface area contributed by atoms with Gasteiger partial charge in [0.2, 0.25) is 0 Å². The topological polar surface area (TPSA) is 322 Å². The third kappa shape index (κ3) is 9.26. The van der Waals surface area contributed by atoms with Gasteiger partial charge in [-0.15, -0.1) is 15.3 Å². The van der Waals surface area contributed by atoms with Gasteiger partial charge < -0.3 is 27.0 Å². The number of aromatic hydroxyl groups is 1. The molecule has 0 aliphatic heterocycles. The summed E-state index contributed by atoms with van der Waals surface area (Å²) in [7, 11) is -9.65. The number of fused-ring (bicyclic) bond motifs is 1. The summed E-state index contributed by atoms with van der Waals surface area (Å²) >= 11 is 0. The quantitative estimate of drug-likeness (QED) is 0.0298. The molecule has 6 aromatic rings. The lowest BCUT2D eigenvalue weighted by Crippen LogP contribution is -2.21. The van der Waals surface area contributed by atoms with Crippen molar-refractivity contribution in [2.45, 2.75) is 9.79 Å². The van der Waals surface area contributed by atoms with E-state index in [1.807, 2.05) is 0 Å². The van der Waals surface area contributed by atoms with Gasteiger partial charge in [0, 0.05) is 11.1 Å². The van der Waals surface area contributed by atoms with Crippen LogP contribution >= 0.6 is 0 Å². The number of azo groups is 3. The lowest BCUT2D eigenvalue weighted by molar-refractivity contribution is -0.147. The number of hydrogen-bond acceptors (Lipinski definition) is 15. The Morgan fingerprint density at radius 1 is 0.596 bits per heavy atom. The molecular formula is C36H27N9O10S2. The summed E-state index contributed by atoms with van der Waals surface area (Å²) in [5, 5.41) is 46.7. The van der Waals surface area contributed by atoms with Crippen LogP contribution in [-0.4, -0.2) is 48.0 Å². The van der Waals surface area contributed by atoms with E-state index in [9.17, 15) is 40.6 Å². The predicted molar refractivity (Wildman–Crippen MR) is 208 cm³/mol. The number of nitrogen functional groups attached to an aromatic ring is 2. The largest absolute Gasteiger partial charge is 0.504 e. The molecule has 0 fully saturated rings. The smallest absolute Gasteiger partial charge is 0.394 e. The van der Waals surface area contributed by atoms with Crippen molar-refractivity contribution in [3.05, 3.63) is 109 Å². The van der Waals surface area contributed by atoms with E-state index in [0.29, 0.717) is 22.7 Å². The maximum atomic E-state index is 12.0. The third-order valence-electron chi connectivity index (χ3n) is 7.95. The first-order valence-electron chi connectivity index (χ1n) is 16.0. The minimum Gasteiger partial charge on any atom is -0.504 e. The van der Waals surface area contributed by atoms with Crippen molar-refractivity contribution in [3.63, 3.8) is 0 Å². The highest BCUT2D eigenvalue weighted by atomic mass is 32.2. The first-order valence-corrected chi connectivity index (χ1v) is 18.9. The summed E-state index contributed by atoms with van der Waals surface area (Å²) in [6, 6.07) is 26.4. The second kappa shape index (κ2) is 15.7. The number of carboxylic acids is 1. The van der Waals surface area contributed by atoms with Gasteiger partial charge in [0.05, 0.1) is 33.3 Å². The number of nitrogens with zero attached hydrogens (tertiary/aromatic N) is 6. The van der Waals surface area contributed by atoms with Crippen LogP contribution in [0.4, 0.5) is 51.2 Å². The Kier molecular flexibility index (Phi) is 10.8. The molecule has 57 heavy (non-hydrogen) atoms. The van der Waals surface area contributed by atoms with Gasteiger partial charge in [-0.1, -0.05) is 30.3 Å². The summed E-state index contributed by atoms with van der Waals surface area (Å²) in [4.78, 5) is 21.8. The van der Waals surface area contributed by atoms with Crippen molar-refractivity contribution in [2.24, 2.45) is 30.7 Å². The number of benzene rings is 6. The number of carboxylic acid groups (broad SMARTS) is 1. The van der Waals surface area contributed by atoms with Gasteiger partial charge in [-0.25, -0.2) is 4.79 Å². The molecule has 0 heterocycles. The highest BCUT2D eigenvalue weighted by Crippen LogP contribution is 2.42. The summed E-state index contributed by atoms with van der Waals surface area (Å²) in [5.74, 6) is -3.96. The van der Waals surface area contributed by atoms with E-state index in [2.05, 4.69) is 36.0 Å². The molecular weight excluding hydrogens is 783 g/mol. The maximum Gasteiger partial charge on any atom is 0.394 e. The molecule has 0 saturated heterocycles. The number of hydrogen-bond donors (Lipinski definition) is 7. The van der Waals surface area contributed by atoms with E-state index in [1.165, 1.54) is 30.3 Å². The molecule has 0 spiro atoms. The minimum absolute atomic E-state index is 0.00237. The van der Waals surface area contributed by atoms with E-state index < -0.39 is 47.7 Å². The molecule has 19 nitrogen and oxygen atoms in total. The molecule has 0 aromatic heterocycles. The maximum absolute atomic E-state index is 12.0. The first-order chi connectivity index (χ1) is 27.0. The van der Waals surface area contributed by atoms with Crippen LogP contribution in [0, 0.1) is 0 Å². The summed E-state index contributed by atoms with van der Waals surface area (Å²) in [6.45, 7) is 0. The van der Waals surface area contributed by atoms with Crippen molar-refractivity contribution in [2.75, 3.05) is 16.8 Å². The van der Waals surface area contributed by atoms with Crippen molar-refractivity contribution in [1.82, 2.24) is 0 Å². The van der Waals surface area contributed by atoms with Gasteiger partial charge in [-0.05, 0) is 95.4 Å². The Bertz CT molecular complexity index is 2900. The van der Waals surface area contributed by atoms with Crippen molar-refractivity contribution in [1.29, 1.82) is 0 Å². The van der Waals surface area contributed by atoms with E-state index in [0.717, 1.165) is 29.3 Å². The zero-order valence-corrected chi connectivity index (χ0v) is 30.4. The normalized spacial score (nSPS) is 12.2. The SMILES string of the molecule is Nc1ccc(N=Nc2ccc(N=Nc3ccc(-c4ccc(N=Nc5c(O)c(S(=O)(=O)O)cc6cc(S(=O)(=O)O)ccc56)cc4)cc3)c(NC(=O)C(=O)O)c2)c(N)c1. The molecule has 0 atom stereocenters. The highest BCUT2D eigenvalue weighted by Gasteiger charge is 2.23. The van der Waals surface area contributed by atoms with Gasteiger partial charge in [0.25, 0.3) is 20.2 Å². The fourth-order valence-corrected chi connectivity index (χ4v) is 6.31. The monoisotopic (exact) mass is 809 g/mol. The number of phenolic OH excluding ortho intramolecular Hbond substituents is 1. The lowest BCUT2D eigenvalue weighted by Gasteiger charge is -2.09. The molecule has 6 aromatic carbocycles. The minimum atomic E-state index is -4.98. The second-order valence-electron chi connectivity index (χ2n) is 11.9. The van der Waals surface area contributed by atoms with Crippen LogP contribution in [0.2, 0.25) is 0 Å². The van der Waals surface area contributed by atoms with E-state index in [4.69, 9.17) is 16.6 Å². The Balaban J connectivity index is 1.21. The van der Waals surface area contributed by atoms with Crippen LogP contribution < -0.4 is 16.8 Å². The van der Waals surface area contributed by atoms with Crippen LogP contribution in [0.3, 0.4) is 0 Å². The predicted octanol–water partition coefficient (Wildman–Crippen LogP) is 8.14. The molecule has 6 rings (SSSR count). The number of phenols is 1. The van der Waals surface area contributed by atoms with Crippen LogP contribution in [-0.2, 0) is 29.8 Å². The molecule has 1 amide bonds. The molecule has 0 saturated carbocycles. The van der Waals surface area contributed by atoms with Crippen LogP contribution in [0.25, 0.3) is 21.9 Å². The molecule has 0 bridgehead atoms. The number of carbonyl (C=O) groups excluding carboxylic acids is 1. The molecule has 21 heteroatoms. The van der Waals surface area contributed by atoms with Crippen LogP contribution in [0.1, 0.15) is 0 Å². The fraction of sp³-hybridized carbons (Fsp3) is 0. The van der Waals surface area contributed by atoms with Crippen LogP contribution in [0.15, 0.2) is 150 Å². The number of carbonyl (C=O) groups is 2. The second-order valence-corrected chi connectivity index (χ2v) is 14.7. The fourth-order valence-electron chi connectivity index (χ4n) is 5.17. The number of nitrogens with one attached hydrogen (secondary N) is 1. The number of nitrogens with two attached hydrogens (primary N) is 2. The average molecular weight is 810 g/mol. The third-order valence-corrected chi connectivity index (χ3v) is 9.67. The van der Waals surface area contributed by atoms with E-state index in [-0.39, 0.29) is 39.2 Å². The van der Waals surface area contributed by atoms with Gasteiger partial charge in [-0.2, -0.15) is 32.2 Å². The van der Waals surface area contributed by atoms with Gasteiger partial charge in [0.15, 0.2) is 5.75 Å². The Morgan fingerprint density at radius 3 is 1.74 bits per heavy atom. The highest BCUT2D eigenvalue weighted by molar-refractivity contribution is 7.86. The standard InChI is InChI=1S/C36H27N9O10S2/c37-22-5-13-29(28(38)17-22)43-42-25-10-14-30(31(18-25)39-35(47)36(48)49)44-40-23-6-1-19(2-7-23)20-3-8-24(9-4-20)41-45-33-27-12-11-26(56(50,51)52)15-21(27)16-32(34(33)46)57(53,54)55/h1-18,46H,37-38H2,(H,39,47)(H,48,49)(H,50,51,52)(H,53,54,55).